The topological polar surface area (TPSA) is 55.8 Å². The molecule has 0 heterocycles. The van der Waals surface area contributed by atoms with Crippen LogP contribution in [0, 0.1) is 0 Å². The molecule has 1 N–H and O–H groups in total. The zero-order valence-corrected chi connectivity index (χ0v) is 6.19. The lowest BCUT2D eigenvalue weighted by atomic mass is 10.3. The number of hydrogen-bond donors (Lipinski definition) is 1. The van der Waals surface area contributed by atoms with Gasteiger partial charge in [0, 0.05) is 6.42 Å². The van der Waals surface area contributed by atoms with Crippen LogP contribution in [0.4, 0.5) is 4.79 Å². The largest absolute Gasteiger partial charge is 0.508 e. The van der Waals surface area contributed by atoms with Gasteiger partial charge in [-0.1, -0.05) is 6.08 Å². The van der Waals surface area contributed by atoms with E-state index in [1.54, 1.807) is 12.2 Å². The van der Waals surface area contributed by atoms with Crippen LogP contribution in [0.1, 0.15) is 6.42 Å². The summed E-state index contributed by atoms with van der Waals surface area (Å²) in [6.07, 6.45) is 2.11. The van der Waals surface area contributed by atoms with Gasteiger partial charge in [0.1, 0.15) is 6.10 Å². The number of aliphatic hydroxyl groups is 1. The maximum atomic E-state index is 10.5. The lowest BCUT2D eigenvalue weighted by molar-refractivity contribution is 0.0440. The molecule has 4 nitrogen and oxygen atoms in total. The lowest BCUT2D eigenvalue weighted by Gasteiger charge is -2.08. The molecule has 0 spiro atoms. The van der Waals surface area contributed by atoms with Gasteiger partial charge in [0.2, 0.25) is 0 Å². The highest BCUT2D eigenvalue weighted by molar-refractivity contribution is 5.60. The Labute approximate surface area is 64.4 Å². The molecule has 0 bridgehead atoms. The average molecular weight is 158 g/mol. The average Bonchev–Trinajstić information content (AvgIpc) is 2.35. The molecule has 0 aliphatic heterocycles. The highest BCUT2D eigenvalue weighted by Crippen LogP contribution is 2.14. The molecule has 0 amide bonds. The van der Waals surface area contributed by atoms with Crippen LogP contribution in [0.15, 0.2) is 12.2 Å². The molecule has 0 saturated carbocycles. The zero-order valence-electron chi connectivity index (χ0n) is 6.19. The molecule has 11 heavy (non-hydrogen) atoms. The van der Waals surface area contributed by atoms with E-state index >= 15 is 0 Å². The Morgan fingerprint density at radius 2 is 2.36 bits per heavy atom. The molecule has 1 rings (SSSR count). The van der Waals surface area contributed by atoms with Gasteiger partial charge in [-0.2, -0.15) is 0 Å². The summed E-state index contributed by atoms with van der Waals surface area (Å²) < 4.78 is 8.99. The fourth-order valence-electron chi connectivity index (χ4n) is 0.906. The summed E-state index contributed by atoms with van der Waals surface area (Å²) in [6.45, 7) is 0. The standard InChI is InChI=1S/C7H10O4/c1-10-7(9)11-6-3-2-5(8)4-6/h2-3,5-6,8H,4H2,1H3/t5-,6+/m1/s1. The van der Waals surface area contributed by atoms with Crippen LogP contribution < -0.4 is 0 Å². The van der Waals surface area contributed by atoms with Crippen molar-refractivity contribution in [1.29, 1.82) is 0 Å². The molecule has 4 heteroatoms. The quantitative estimate of drug-likeness (QED) is 0.445. The van der Waals surface area contributed by atoms with Crippen LogP contribution in [0.3, 0.4) is 0 Å². The Balaban J connectivity index is 2.29. The van der Waals surface area contributed by atoms with Crippen molar-refractivity contribution >= 4 is 6.16 Å². The number of rotatable bonds is 1. The summed E-state index contributed by atoms with van der Waals surface area (Å²) in [7, 11) is 1.25. The maximum Gasteiger partial charge on any atom is 0.508 e. The lowest BCUT2D eigenvalue weighted by Crippen LogP contribution is -2.16. The second kappa shape index (κ2) is 3.39. The van der Waals surface area contributed by atoms with Crippen LogP contribution >= 0.6 is 0 Å². The minimum absolute atomic E-state index is 0.336. The minimum Gasteiger partial charge on any atom is -0.438 e. The Bertz CT molecular complexity index is 175. The van der Waals surface area contributed by atoms with Gasteiger partial charge in [0.25, 0.3) is 0 Å². The second-order valence-electron chi connectivity index (χ2n) is 2.30. The normalized spacial score (nSPS) is 28.5. The van der Waals surface area contributed by atoms with E-state index in [9.17, 15) is 4.79 Å². The zero-order chi connectivity index (χ0) is 8.27. The van der Waals surface area contributed by atoms with Crippen molar-refractivity contribution in [3.05, 3.63) is 12.2 Å². The van der Waals surface area contributed by atoms with E-state index in [1.807, 2.05) is 0 Å². The van der Waals surface area contributed by atoms with Crippen LogP contribution in [-0.2, 0) is 9.47 Å². The van der Waals surface area contributed by atoms with Crippen molar-refractivity contribution in [3.63, 3.8) is 0 Å². The molecular formula is C7H10O4. The molecule has 0 fully saturated rings. The van der Waals surface area contributed by atoms with Crippen LogP contribution in [0.25, 0.3) is 0 Å². The van der Waals surface area contributed by atoms with Crippen LogP contribution in [0.2, 0.25) is 0 Å². The maximum absolute atomic E-state index is 10.5. The molecule has 0 aromatic carbocycles. The Morgan fingerprint density at radius 1 is 1.64 bits per heavy atom. The summed E-state index contributed by atoms with van der Waals surface area (Å²) in [5.41, 5.74) is 0. The first-order valence-corrected chi connectivity index (χ1v) is 3.33. The number of methoxy groups -OCH3 is 1. The molecule has 0 unspecified atom stereocenters. The predicted molar refractivity (Wildman–Crippen MR) is 37.0 cm³/mol. The highest BCUT2D eigenvalue weighted by atomic mass is 16.7. The number of carbonyl (C=O) groups excluding carboxylic acids is 1. The van der Waals surface area contributed by atoms with Crippen molar-refractivity contribution in [2.24, 2.45) is 0 Å². The third kappa shape index (κ3) is 2.23. The van der Waals surface area contributed by atoms with Crippen molar-refractivity contribution < 1.29 is 19.4 Å². The monoisotopic (exact) mass is 158 g/mol. The molecular weight excluding hydrogens is 148 g/mol. The SMILES string of the molecule is COC(=O)O[C@H]1C=C[C@@H](O)C1. The predicted octanol–water partition coefficient (Wildman–Crippen LogP) is 0.459. The third-order valence-corrected chi connectivity index (χ3v) is 1.44. The van der Waals surface area contributed by atoms with Crippen molar-refractivity contribution in [3.8, 4) is 0 Å². The second-order valence-corrected chi connectivity index (χ2v) is 2.30. The van der Waals surface area contributed by atoms with E-state index in [0.29, 0.717) is 6.42 Å². The number of hydrogen-bond acceptors (Lipinski definition) is 4. The number of aliphatic hydroxyl groups excluding tert-OH is 1. The fraction of sp³-hybridized carbons (Fsp3) is 0.571. The molecule has 0 radical (unpaired) electrons. The first-order chi connectivity index (χ1) is 5.22. The van der Waals surface area contributed by atoms with Gasteiger partial charge in [-0.15, -0.1) is 0 Å². The van der Waals surface area contributed by atoms with Gasteiger partial charge in [0.15, 0.2) is 0 Å². The summed E-state index contributed by atoms with van der Waals surface area (Å²) in [4.78, 5) is 10.5. The van der Waals surface area contributed by atoms with E-state index in [0.717, 1.165) is 0 Å². The van der Waals surface area contributed by atoms with Gasteiger partial charge in [0.05, 0.1) is 13.2 Å². The first kappa shape index (κ1) is 8.07. The van der Waals surface area contributed by atoms with E-state index in [4.69, 9.17) is 9.84 Å². The summed E-state index contributed by atoms with van der Waals surface area (Å²) >= 11 is 0. The van der Waals surface area contributed by atoms with E-state index in [-0.39, 0.29) is 6.10 Å². The molecule has 2 atom stereocenters. The summed E-state index contributed by atoms with van der Waals surface area (Å²) in [5.74, 6) is 0. The van der Waals surface area contributed by atoms with Gasteiger partial charge < -0.3 is 14.6 Å². The molecule has 1 aliphatic carbocycles. The van der Waals surface area contributed by atoms with Gasteiger partial charge in [-0.05, 0) is 6.08 Å². The van der Waals surface area contributed by atoms with Gasteiger partial charge >= 0.3 is 6.16 Å². The summed E-state index contributed by atoms with van der Waals surface area (Å²) in [6, 6.07) is 0. The van der Waals surface area contributed by atoms with Crippen molar-refractivity contribution in [1.82, 2.24) is 0 Å². The third-order valence-electron chi connectivity index (χ3n) is 1.44. The Morgan fingerprint density at radius 3 is 2.82 bits per heavy atom. The molecule has 1 aliphatic rings. The van der Waals surface area contributed by atoms with E-state index in [2.05, 4.69) is 4.74 Å². The van der Waals surface area contributed by atoms with Crippen LogP contribution in [0.5, 0.6) is 0 Å². The minimum atomic E-state index is -0.714. The molecule has 0 aromatic rings. The smallest absolute Gasteiger partial charge is 0.438 e. The van der Waals surface area contributed by atoms with Crippen molar-refractivity contribution in [2.45, 2.75) is 18.6 Å². The van der Waals surface area contributed by atoms with Gasteiger partial charge in [-0.25, -0.2) is 4.79 Å². The summed E-state index contributed by atoms with van der Waals surface area (Å²) in [5, 5.41) is 8.97. The number of ether oxygens (including phenoxy) is 2. The Hall–Kier alpha value is -1.03. The molecule has 0 saturated heterocycles. The molecule has 0 aromatic heterocycles. The highest BCUT2D eigenvalue weighted by Gasteiger charge is 2.20. The molecule has 62 valence electrons. The fourth-order valence-corrected chi connectivity index (χ4v) is 0.906. The van der Waals surface area contributed by atoms with Crippen LogP contribution in [-0.4, -0.2) is 30.6 Å². The number of carbonyl (C=O) groups is 1. The van der Waals surface area contributed by atoms with E-state index in [1.165, 1.54) is 7.11 Å². The van der Waals surface area contributed by atoms with Crippen molar-refractivity contribution in [2.75, 3.05) is 7.11 Å². The van der Waals surface area contributed by atoms with Gasteiger partial charge in [-0.3, -0.25) is 0 Å². The van der Waals surface area contributed by atoms with E-state index < -0.39 is 12.3 Å². The first-order valence-electron chi connectivity index (χ1n) is 3.33. The Kier molecular flexibility index (Phi) is 2.48.